The lowest BCUT2D eigenvalue weighted by Crippen LogP contribution is -2.35. The molecule has 0 amide bonds. The summed E-state index contributed by atoms with van der Waals surface area (Å²) in [4.78, 5) is 10.6. The number of carbonyl (C=O) groups excluding carboxylic acids is 1. The summed E-state index contributed by atoms with van der Waals surface area (Å²) in [5.74, 6) is -0.183. The number of hydrogen-bond donors (Lipinski definition) is 1. The Labute approximate surface area is 60.0 Å². The van der Waals surface area contributed by atoms with Crippen LogP contribution >= 0.6 is 0 Å². The normalized spacial score (nSPS) is 33.6. The number of aliphatic hydroxyl groups is 1. The first-order chi connectivity index (χ1) is 4.74. The molecule has 0 radical (unpaired) electrons. The summed E-state index contributed by atoms with van der Waals surface area (Å²) in [5.41, 5.74) is 0. The van der Waals surface area contributed by atoms with Crippen LogP contribution in [0, 0.1) is 0 Å². The second-order valence-electron chi connectivity index (χ2n) is 2.54. The first kappa shape index (κ1) is 7.54. The van der Waals surface area contributed by atoms with Crippen LogP contribution in [0.2, 0.25) is 0 Å². The minimum atomic E-state index is -0.442. The molecule has 3 nitrogen and oxygen atoms in total. The molecule has 0 aliphatic carbocycles. The topological polar surface area (TPSA) is 46.5 Å². The Kier molecular flexibility index (Phi) is 2.27. The fraction of sp³-hybridized carbons (Fsp3) is 0.857. The van der Waals surface area contributed by atoms with E-state index in [9.17, 15) is 9.90 Å². The molecule has 1 saturated heterocycles. The number of ether oxygens (including phenoxy) is 1. The predicted octanol–water partition coefficient (Wildman–Crippen LogP) is 0.463. The van der Waals surface area contributed by atoms with Gasteiger partial charge in [0.2, 0.25) is 0 Å². The van der Waals surface area contributed by atoms with Crippen molar-refractivity contribution in [2.75, 3.05) is 0 Å². The highest BCUT2D eigenvalue weighted by Gasteiger charge is 2.26. The molecule has 1 N–H and O–H groups in total. The molecule has 0 saturated carbocycles. The molecule has 1 heterocycles. The van der Waals surface area contributed by atoms with Crippen LogP contribution in [0.15, 0.2) is 0 Å². The molecule has 0 aromatic rings. The highest BCUT2D eigenvalue weighted by molar-refractivity contribution is 5.70. The van der Waals surface area contributed by atoms with Crippen LogP contribution in [0.5, 0.6) is 0 Å². The summed E-state index contributed by atoms with van der Waals surface area (Å²) in [6, 6.07) is 0. The minimum absolute atomic E-state index is 0.183. The average Bonchev–Trinajstić information content (AvgIpc) is 1.94. The number of rotatable bonds is 1. The largest absolute Gasteiger partial charge is 0.460 e. The van der Waals surface area contributed by atoms with Crippen molar-refractivity contribution in [3.63, 3.8) is 0 Å². The van der Waals surface area contributed by atoms with E-state index >= 15 is 0 Å². The third-order valence-electron chi connectivity index (χ3n) is 1.76. The molecule has 0 unspecified atom stereocenters. The minimum Gasteiger partial charge on any atom is -0.460 e. The zero-order chi connectivity index (χ0) is 7.56. The molecule has 2 atom stereocenters. The van der Waals surface area contributed by atoms with Gasteiger partial charge in [-0.15, -0.1) is 0 Å². The number of aliphatic hydroxyl groups excluding tert-OH is 1. The first-order valence-corrected chi connectivity index (χ1v) is 3.61. The lowest BCUT2D eigenvalue weighted by Gasteiger charge is -2.26. The van der Waals surface area contributed by atoms with Crippen LogP contribution in [-0.4, -0.2) is 23.3 Å². The fourth-order valence-corrected chi connectivity index (χ4v) is 1.11. The number of hydrogen-bond acceptors (Lipinski definition) is 3. The van der Waals surface area contributed by atoms with Gasteiger partial charge in [0.25, 0.3) is 0 Å². The van der Waals surface area contributed by atoms with E-state index in [1.54, 1.807) is 0 Å². The molecular weight excluding hydrogens is 132 g/mol. The van der Waals surface area contributed by atoms with Crippen LogP contribution in [0.1, 0.15) is 26.2 Å². The molecule has 0 bridgehead atoms. The second kappa shape index (κ2) is 3.01. The van der Waals surface area contributed by atoms with Crippen LogP contribution in [0.3, 0.4) is 0 Å². The SMILES string of the molecule is CC[C@@H]1OC(=O)CC[C@@H]1O. The number of cyclic esters (lactones) is 1. The van der Waals surface area contributed by atoms with Crippen molar-refractivity contribution in [3.8, 4) is 0 Å². The average molecular weight is 144 g/mol. The summed E-state index contributed by atoms with van der Waals surface area (Å²) in [6.45, 7) is 1.90. The fourth-order valence-electron chi connectivity index (χ4n) is 1.11. The summed E-state index contributed by atoms with van der Waals surface area (Å²) in [7, 11) is 0. The van der Waals surface area contributed by atoms with Crippen molar-refractivity contribution in [2.45, 2.75) is 38.4 Å². The molecule has 0 aromatic heterocycles. The van der Waals surface area contributed by atoms with Gasteiger partial charge in [0, 0.05) is 6.42 Å². The smallest absolute Gasteiger partial charge is 0.306 e. The van der Waals surface area contributed by atoms with Gasteiger partial charge in [-0.25, -0.2) is 0 Å². The molecule has 1 aliphatic heterocycles. The Hall–Kier alpha value is -0.570. The Balaban J connectivity index is 2.45. The van der Waals surface area contributed by atoms with E-state index in [0.29, 0.717) is 19.3 Å². The second-order valence-corrected chi connectivity index (χ2v) is 2.54. The molecular formula is C7H12O3. The molecule has 0 aromatic carbocycles. The van der Waals surface area contributed by atoms with Crippen LogP contribution in [0.4, 0.5) is 0 Å². The summed E-state index contributed by atoms with van der Waals surface area (Å²) < 4.78 is 4.86. The van der Waals surface area contributed by atoms with Crippen molar-refractivity contribution in [1.82, 2.24) is 0 Å². The van der Waals surface area contributed by atoms with Gasteiger partial charge in [-0.05, 0) is 12.8 Å². The van der Waals surface area contributed by atoms with Gasteiger partial charge >= 0.3 is 5.97 Å². The van der Waals surface area contributed by atoms with Crippen molar-refractivity contribution in [3.05, 3.63) is 0 Å². The van der Waals surface area contributed by atoms with Gasteiger partial charge in [0.05, 0.1) is 6.10 Å². The maximum absolute atomic E-state index is 10.6. The Morgan fingerprint density at radius 2 is 2.50 bits per heavy atom. The lowest BCUT2D eigenvalue weighted by molar-refractivity contribution is -0.163. The van der Waals surface area contributed by atoms with E-state index in [0.717, 1.165) is 0 Å². The molecule has 0 spiro atoms. The van der Waals surface area contributed by atoms with Gasteiger partial charge in [-0.1, -0.05) is 6.92 Å². The maximum atomic E-state index is 10.6. The Bertz CT molecular complexity index is 133. The Morgan fingerprint density at radius 1 is 1.80 bits per heavy atom. The van der Waals surface area contributed by atoms with Gasteiger partial charge < -0.3 is 9.84 Å². The monoisotopic (exact) mass is 144 g/mol. The van der Waals surface area contributed by atoms with E-state index in [1.165, 1.54) is 0 Å². The highest BCUT2D eigenvalue weighted by Crippen LogP contribution is 2.16. The lowest BCUT2D eigenvalue weighted by atomic mass is 10.0. The number of carbonyl (C=O) groups is 1. The van der Waals surface area contributed by atoms with E-state index in [4.69, 9.17) is 4.74 Å². The van der Waals surface area contributed by atoms with E-state index in [-0.39, 0.29) is 12.1 Å². The molecule has 58 valence electrons. The van der Waals surface area contributed by atoms with Gasteiger partial charge in [-0.2, -0.15) is 0 Å². The molecule has 10 heavy (non-hydrogen) atoms. The molecule has 1 rings (SSSR count). The van der Waals surface area contributed by atoms with E-state index < -0.39 is 6.10 Å². The zero-order valence-corrected chi connectivity index (χ0v) is 6.04. The van der Waals surface area contributed by atoms with Gasteiger partial charge in [-0.3, -0.25) is 4.79 Å². The van der Waals surface area contributed by atoms with Gasteiger partial charge in [0.1, 0.15) is 6.10 Å². The summed E-state index contributed by atoms with van der Waals surface area (Å²) >= 11 is 0. The number of esters is 1. The quantitative estimate of drug-likeness (QED) is 0.544. The molecule has 3 heteroatoms. The Morgan fingerprint density at radius 3 is 3.00 bits per heavy atom. The highest BCUT2D eigenvalue weighted by atomic mass is 16.6. The first-order valence-electron chi connectivity index (χ1n) is 3.61. The third kappa shape index (κ3) is 1.48. The van der Waals surface area contributed by atoms with Crippen molar-refractivity contribution >= 4 is 5.97 Å². The maximum Gasteiger partial charge on any atom is 0.306 e. The summed E-state index contributed by atoms with van der Waals surface area (Å²) in [5, 5.41) is 9.21. The van der Waals surface area contributed by atoms with Crippen LogP contribution in [0.25, 0.3) is 0 Å². The van der Waals surface area contributed by atoms with E-state index in [2.05, 4.69) is 0 Å². The molecule has 1 aliphatic rings. The molecule has 1 fully saturated rings. The predicted molar refractivity (Wildman–Crippen MR) is 35.4 cm³/mol. The van der Waals surface area contributed by atoms with Crippen molar-refractivity contribution < 1.29 is 14.6 Å². The zero-order valence-electron chi connectivity index (χ0n) is 6.04. The van der Waals surface area contributed by atoms with Gasteiger partial charge in [0.15, 0.2) is 0 Å². The van der Waals surface area contributed by atoms with Crippen LogP contribution in [-0.2, 0) is 9.53 Å². The standard InChI is InChI=1S/C7H12O3/c1-2-6-5(8)3-4-7(9)10-6/h5-6,8H,2-4H2,1H3/t5-,6-/m0/s1. The summed E-state index contributed by atoms with van der Waals surface area (Å²) in [6.07, 6.45) is 0.908. The van der Waals surface area contributed by atoms with Crippen LogP contribution < -0.4 is 0 Å². The van der Waals surface area contributed by atoms with Crippen molar-refractivity contribution in [2.24, 2.45) is 0 Å². The third-order valence-corrected chi connectivity index (χ3v) is 1.76. The van der Waals surface area contributed by atoms with Crippen molar-refractivity contribution in [1.29, 1.82) is 0 Å². The van der Waals surface area contributed by atoms with E-state index in [1.807, 2.05) is 6.92 Å².